The van der Waals surface area contributed by atoms with Crippen LogP contribution < -0.4 is 9.47 Å². The van der Waals surface area contributed by atoms with E-state index in [2.05, 4.69) is 4.90 Å². The number of halogens is 2. The lowest BCUT2D eigenvalue weighted by Gasteiger charge is -2.34. The van der Waals surface area contributed by atoms with Crippen LogP contribution in [0.25, 0.3) is 11.1 Å². The fourth-order valence-corrected chi connectivity index (χ4v) is 5.24. The predicted molar refractivity (Wildman–Crippen MR) is 118 cm³/mol. The van der Waals surface area contributed by atoms with Crippen LogP contribution in [0.3, 0.4) is 0 Å². The number of carbonyl (C=O) groups is 1. The minimum atomic E-state index is -2.54. The van der Waals surface area contributed by atoms with Gasteiger partial charge in [-0.05, 0) is 48.2 Å². The molecule has 0 aromatic heterocycles. The molecule has 1 amide bonds. The number of likely N-dealkylation sites (N-methyl/N-ethyl adjacent to an activating group) is 1. The van der Waals surface area contributed by atoms with Crippen molar-refractivity contribution in [2.45, 2.75) is 49.8 Å². The Labute approximate surface area is 186 Å². The van der Waals surface area contributed by atoms with Gasteiger partial charge in [-0.1, -0.05) is 18.2 Å². The van der Waals surface area contributed by atoms with Crippen LogP contribution >= 0.6 is 0 Å². The second kappa shape index (κ2) is 8.03. The number of benzene rings is 2. The van der Waals surface area contributed by atoms with Crippen molar-refractivity contribution in [3.63, 3.8) is 0 Å². The summed E-state index contributed by atoms with van der Waals surface area (Å²) >= 11 is 0. The lowest BCUT2D eigenvalue weighted by atomic mass is 9.91. The Morgan fingerprint density at radius 1 is 1.06 bits per heavy atom. The molecule has 1 saturated carbocycles. The van der Waals surface area contributed by atoms with Gasteiger partial charge in [-0.15, -0.1) is 0 Å². The number of amides is 1. The molecule has 0 unspecified atom stereocenters. The summed E-state index contributed by atoms with van der Waals surface area (Å²) in [5.74, 6) is -1.27. The average molecular weight is 443 g/mol. The van der Waals surface area contributed by atoms with Crippen molar-refractivity contribution in [3.8, 4) is 22.6 Å². The number of likely N-dealkylation sites (tertiary alicyclic amines) is 1. The highest BCUT2D eigenvalue weighted by atomic mass is 19.3. The predicted octanol–water partition coefficient (Wildman–Crippen LogP) is 4.46. The van der Waals surface area contributed by atoms with E-state index in [9.17, 15) is 13.6 Å². The molecule has 5 rings (SSSR count). The number of hydrogen-bond acceptors (Lipinski definition) is 4. The Bertz CT molecular complexity index is 1020. The first-order valence-electron chi connectivity index (χ1n) is 11.2. The van der Waals surface area contributed by atoms with Gasteiger partial charge < -0.3 is 14.4 Å². The molecule has 0 bridgehead atoms. The van der Waals surface area contributed by atoms with Gasteiger partial charge in [-0.25, -0.2) is 8.78 Å². The van der Waals surface area contributed by atoms with Crippen LogP contribution in [0.4, 0.5) is 8.78 Å². The van der Waals surface area contributed by atoms with Crippen molar-refractivity contribution < 1.29 is 23.0 Å². The first kappa shape index (κ1) is 21.2. The smallest absolute Gasteiger partial charge is 0.257 e. The van der Waals surface area contributed by atoms with Gasteiger partial charge in [0, 0.05) is 39.0 Å². The van der Waals surface area contributed by atoms with Gasteiger partial charge in [0.15, 0.2) is 0 Å². The first-order valence-corrected chi connectivity index (χ1v) is 11.2. The Morgan fingerprint density at radius 2 is 1.81 bits per heavy atom. The second-order valence-electron chi connectivity index (χ2n) is 9.12. The van der Waals surface area contributed by atoms with E-state index in [1.807, 2.05) is 49.5 Å². The number of fused-ring (bicyclic) bond motifs is 2. The number of nitrogens with zero attached hydrogens (tertiary/aromatic N) is 2. The topological polar surface area (TPSA) is 42.0 Å². The van der Waals surface area contributed by atoms with Crippen LogP contribution in [-0.2, 0) is 0 Å². The minimum Gasteiger partial charge on any atom is -0.497 e. The number of hydrogen-bond donors (Lipinski definition) is 0. The van der Waals surface area contributed by atoms with Crippen LogP contribution in [-0.4, -0.2) is 67.1 Å². The van der Waals surface area contributed by atoms with Crippen LogP contribution in [0.2, 0.25) is 0 Å². The molecule has 0 spiro atoms. The number of alkyl halides is 2. The lowest BCUT2D eigenvalue weighted by molar-refractivity contribution is -0.0523. The molecule has 170 valence electrons. The fourth-order valence-electron chi connectivity index (χ4n) is 5.24. The zero-order valence-electron chi connectivity index (χ0n) is 18.4. The molecule has 3 aliphatic rings. The molecule has 1 aliphatic carbocycles. The first-order chi connectivity index (χ1) is 15.3. The van der Waals surface area contributed by atoms with Gasteiger partial charge in [0.1, 0.15) is 17.6 Å². The summed E-state index contributed by atoms with van der Waals surface area (Å²) in [7, 11) is 3.44. The summed E-state index contributed by atoms with van der Waals surface area (Å²) in [5.41, 5.74) is 2.48. The van der Waals surface area contributed by atoms with E-state index < -0.39 is 5.92 Å². The van der Waals surface area contributed by atoms with Gasteiger partial charge >= 0.3 is 0 Å². The third-order valence-corrected chi connectivity index (χ3v) is 7.18. The Kier molecular flexibility index (Phi) is 5.32. The number of rotatable bonds is 3. The van der Waals surface area contributed by atoms with E-state index in [0.717, 1.165) is 16.9 Å². The van der Waals surface area contributed by atoms with Gasteiger partial charge in [-0.3, -0.25) is 9.69 Å². The molecule has 2 heterocycles. The third-order valence-electron chi connectivity index (χ3n) is 7.18. The van der Waals surface area contributed by atoms with Crippen molar-refractivity contribution >= 4 is 5.91 Å². The van der Waals surface area contributed by atoms with Crippen molar-refractivity contribution in [1.82, 2.24) is 9.80 Å². The zero-order chi connectivity index (χ0) is 22.5. The summed E-state index contributed by atoms with van der Waals surface area (Å²) in [4.78, 5) is 17.2. The van der Waals surface area contributed by atoms with Crippen LogP contribution in [0, 0.1) is 0 Å². The summed E-state index contributed by atoms with van der Waals surface area (Å²) in [6.45, 7) is 1.29. The number of carbonyl (C=O) groups excluding carboxylic acids is 1. The SMILES string of the molecule is COc1cccc(-c2ccc3c(c2)O[C@H]2CN(C4CCC(F)(F)CC4)C[C@H]2N(C)C3=O)c1. The van der Waals surface area contributed by atoms with Gasteiger partial charge in [-0.2, -0.15) is 0 Å². The minimum absolute atomic E-state index is 0.0636. The summed E-state index contributed by atoms with van der Waals surface area (Å²) < 4.78 is 39.0. The van der Waals surface area contributed by atoms with Crippen molar-refractivity contribution in [2.75, 3.05) is 27.2 Å². The van der Waals surface area contributed by atoms with Crippen LogP contribution in [0.15, 0.2) is 42.5 Å². The standard InChI is InChI=1S/C25H28F2N2O3/c1-28-21-14-29(18-8-10-25(26,27)11-9-18)15-23(21)32-22-13-17(6-7-20(22)24(28)30)16-4-3-5-19(12-16)31-2/h3-7,12-13,18,21,23H,8-11,14-15H2,1-2H3/t21-,23+/m1/s1. The second-order valence-corrected chi connectivity index (χ2v) is 9.12. The zero-order valence-corrected chi connectivity index (χ0v) is 18.4. The quantitative estimate of drug-likeness (QED) is 0.704. The van der Waals surface area contributed by atoms with E-state index in [-0.39, 0.29) is 36.9 Å². The Hall–Kier alpha value is -2.67. The molecule has 0 N–H and O–H groups in total. The molecule has 7 heteroatoms. The third kappa shape index (κ3) is 3.83. The van der Waals surface area contributed by atoms with Crippen molar-refractivity contribution in [2.24, 2.45) is 0 Å². The largest absolute Gasteiger partial charge is 0.497 e. The maximum Gasteiger partial charge on any atom is 0.257 e. The van der Waals surface area contributed by atoms with Crippen LogP contribution in [0.5, 0.6) is 11.5 Å². The van der Waals surface area contributed by atoms with Crippen molar-refractivity contribution in [3.05, 3.63) is 48.0 Å². The van der Waals surface area contributed by atoms with E-state index in [4.69, 9.17) is 9.47 Å². The maximum atomic E-state index is 13.6. The average Bonchev–Trinajstić information content (AvgIpc) is 3.18. The van der Waals surface area contributed by atoms with E-state index in [0.29, 0.717) is 37.2 Å². The van der Waals surface area contributed by atoms with Gasteiger partial charge in [0.05, 0.1) is 18.7 Å². The highest BCUT2D eigenvalue weighted by Crippen LogP contribution is 2.39. The Balaban J connectivity index is 1.40. The fraction of sp³-hybridized carbons (Fsp3) is 0.480. The van der Waals surface area contributed by atoms with Crippen molar-refractivity contribution in [1.29, 1.82) is 0 Å². The number of methoxy groups -OCH3 is 1. The molecule has 2 fully saturated rings. The van der Waals surface area contributed by atoms with Gasteiger partial charge in [0.2, 0.25) is 5.92 Å². The molecular weight excluding hydrogens is 414 g/mol. The highest BCUT2D eigenvalue weighted by molar-refractivity contribution is 5.98. The molecular formula is C25H28F2N2O3. The summed E-state index contributed by atoms with van der Waals surface area (Å²) in [5, 5.41) is 0. The Morgan fingerprint density at radius 3 is 2.56 bits per heavy atom. The van der Waals surface area contributed by atoms with Gasteiger partial charge in [0.25, 0.3) is 5.91 Å². The number of ether oxygens (including phenoxy) is 2. The van der Waals surface area contributed by atoms with E-state index >= 15 is 0 Å². The molecule has 2 aromatic rings. The molecule has 5 nitrogen and oxygen atoms in total. The normalized spacial score (nSPS) is 25.6. The summed E-state index contributed by atoms with van der Waals surface area (Å²) in [6.07, 6.45) is 0.659. The lowest BCUT2D eigenvalue weighted by Crippen LogP contribution is -2.44. The maximum absolute atomic E-state index is 13.6. The molecule has 0 radical (unpaired) electrons. The van der Waals surface area contributed by atoms with Crippen LogP contribution in [0.1, 0.15) is 36.0 Å². The molecule has 2 atom stereocenters. The molecule has 1 saturated heterocycles. The monoisotopic (exact) mass is 442 g/mol. The van der Waals surface area contributed by atoms with E-state index in [1.165, 1.54) is 0 Å². The highest BCUT2D eigenvalue weighted by Gasteiger charge is 2.46. The molecule has 32 heavy (non-hydrogen) atoms. The summed E-state index contributed by atoms with van der Waals surface area (Å²) in [6, 6.07) is 13.5. The van der Waals surface area contributed by atoms with E-state index in [1.54, 1.807) is 12.0 Å². The molecule has 2 aromatic carbocycles. The molecule has 2 aliphatic heterocycles.